The molecule has 0 fully saturated rings. The average Bonchev–Trinajstić information content (AvgIpc) is 2.95. The SMILES string of the molecule is C=C(C)C(=O)OCC(O)COC(=O)CSC(=O)Nc1cc(NC(=O)SCC(=O)OCC(O)COC(=O)C(=C)I)ccc1C. The second kappa shape index (κ2) is 19.9. The third kappa shape index (κ3) is 16.9. The first kappa shape index (κ1) is 37.9. The zero-order valence-electron chi connectivity index (χ0n) is 23.2. The third-order valence-corrected chi connectivity index (χ3v) is 6.55. The van der Waals surface area contributed by atoms with Crippen molar-refractivity contribution in [2.75, 3.05) is 48.6 Å². The largest absolute Gasteiger partial charge is 0.462 e. The molecule has 1 rings (SSSR count). The number of aryl methyl sites for hydroxylation is 1. The van der Waals surface area contributed by atoms with E-state index in [9.17, 15) is 39.0 Å². The first-order valence-corrected chi connectivity index (χ1v) is 15.2. The van der Waals surface area contributed by atoms with Crippen molar-refractivity contribution >= 4 is 91.8 Å². The van der Waals surface area contributed by atoms with Crippen LogP contribution in [0.1, 0.15) is 12.5 Å². The quantitative estimate of drug-likeness (QED) is 0.0830. The normalized spacial score (nSPS) is 11.7. The van der Waals surface area contributed by atoms with Crippen molar-refractivity contribution in [2.24, 2.45) is 0 Å². The minimum absolute atomic E-state index is 0.125. The van der Waals surface area contributed by atoms with Crippen LogP contribution in [0.5, 0.6) is 0 Å². The Bertz CT molecular complexity index is 1230. The van der Waals surface area contributed by atoms with Gasteiger partial charge in [0.15, 0.2) is 0 Å². The van der Waals surface area contributed by atoms with Crippen molar-refractivity contribution in [3.63, 3.8) is 0 Å². The molecule has 0 saturated carbocycles. The Morgan fingerprint density at radius 3 is 1.77 bits per heavy atom. The molecule has 4 N–H and O–H groups in total. The van der Waals surface area contributed by atoms with E-state index in [4.69, 9.17) is 18.9 Å². The van der Waals surface area contributed by atoms with Crippen molar-refractivity contribution in [1.82, 2.24) is 0 Å². The van der Waals surface area contributed by atoms with E-state index in [1.165, 1.54) is 13.0 Å². The number of thioether (sulfide) groups is 2. The number of hydrogen-bond acceptors (Lipinski definition) is 14. The summed E-state index contributed by atoms with van der Waals surface area (Å²) in [5.41, 5.74) is 1.48. The van der Waals surface area contributed by atoms with Crippen molar-refractivity contribution in [1.29, 1.82) is 0 Å². The molecule has 17 heteroatoms. The van der Waals surface area contributed by atoms with E-state index in [1.54, 1.807) is 41.6 Å². The number of aliphatic hydroxyl groups excluding tert-OH is 2. The summed E-state index contributed by atoms with van der Waals surface area (Å²) in [4.78, 5) is 70.9. The average molecular weight is 755 g/mol. The number of benzene rings is 1. The highest BCUT2D eigenvalue weighted by atomic mass is 127. The minimum atomic E-state index is -1.25. The molecule has 1 aromatic rings. The summed E-state index contributed by atoms with van der Waals surface area (Å²) in [6.07, 6.45) is -2.49. The first-order valence-electron chi connectivity index (χ1n) is 12.2. The van der Waals surface area contributed by atoms with Crippen LogP contribution >= 0.6 is 46.1 Å². The van der Waals surface area contributed by atoms with Crippen LogP contribution in [0.15, 0.2) is 40.5 Å². The lowest BCUT2D eigenvalue weighted by Crippen LogP contribution is -2.26. The van der Waals surface area contributed by atoms with Gasteiger partial charge in [0.1, 0.15) is 50.1 Å². The molecule has 0 radical (unpaired) electrons. The Kier molecular flexibility index (Phi) is 17.6. The second-order valence-corrected chi connectivity index (χ2v) is 11.7. The molecule has 0 aromatic heterocycles. The molecule has 2 amide bonds. The van der Waals surface area contributed by atoms with E-state index in [1.807, 2.05) is 0 Å². The lowest BCUT2D eigenvalue weighted by molar-refractivity contribution is -0.149. The highest BCUT2D eigenvalue weighted by Crippen LogP contribution is 2.23. The molecular weight excluding hydrogens is 723 g/mol. The van der Waals surface area contributed by atoms with Gasteiger partial charge >= 0.3 is 23.9 Å². The Balaban J connectivity index is 2.42. The summed E-state index contributed by atoms with van der Waals surface area (Å²) in [5.74, 6) is -3.67. The molecule has 2 atom stereocenters. The predicted octanol–water partition coefficient (Wildman–Crippen LogP) is 2.94. The Morgan fingerprint density at radius 2 is 1.28 bits per heavy atom. The van der Waals surface area contributed by atoms with Crippen molar-refractivity contribution in [3.8, 4) is 0 Å². The van der Waals surface area contributed by atoms with E-state index >= 15 is 0 Å². The summed E-state index contributed by atoms with van der Waals surface area (Å²) in [6, 6.07) is 4.69. The molecule has 0 bridgehead atoms. The fourth-order valence-corrected chi connectivity index (χ4v) is 3.68. The van der Waals surface area contributed by atoms with Crippen LogP contribution in [0.2, 0.25) is 0 Å². The van der Waals surface area contributed by atoms with Crippen LogP contribution in [0, 0.1) is 6.92 Å². The number of amides is 2. The summed E-state index contributed by atoms with van der Waals surface area (Å²) < 4.78 is 19.3. The standard InChI is InChI=1S/C26H31IN2O12S2/c1-14(2)23(34)40-10-18(30)8-38-22(33)13-43-26(37)29-20-7-17(6-5-15(20)3)28-25(36)42-12-21(32)39-9-19(31)11-41-24(35)16(4)27/h5-7,18-19,30-31H,1,4,8-13H2,2-3H3,(H,28,36)(H,29,37). The van der Waals surface area contributed by atoms with E-state index in [0.29, 0.717) is 40.5 Å². The predicted molar refractivity (Wildman–Crippen MR) is 168 cm³/mol. The van der Waals surface area contributed by atoms with Crippen LogP contribution in [0.25, 0.3) is 0 Å². The zero-order valence-corrected chi connectivity index (χ0v) is 27.0. The monoisotopic (exact) mass is 754 g/mol. The number of halogens is 1. The van der Waals surface area contributed by atoms with Crippen LogP contribution in [0.3, 0.4) is 0 Å². The van der Waals surface area contributed by atoms with Gasteiger partial charge in [0.25, 0.3) is 10.5 Å². The number of nitrogens with one attached hydrogen (secondary N) is 2. The number of carbonyl (C=O) groups is 6. The lowest BCUT2D eigenvalue weighted by atomic mass is 10.2. The number of rotatable bonds is 16. The van der Waals surface area contributed by atoms with Gasteiger partial charge in [0.05, 0.1) is 3.58 Å². The number of aliphatic hydroxyl groups is 2. The van der Waals surface area contributed by atoms with Gasteiger partial charge in [0, 0.05) is 16.9 Å². The Morgan fingerprint density at radius 1 is 0.814 bits per heavy atom. The van der Waals surface area contributed by atoms with Crippen LogP contribution in [-0.2, 0) is 38.1 Å². The summed E-state index contributed by atoms with van der Waals surface area (Å²) >= 11 is 2.88. The molecule has 14 nitrogen and oxygen atoms in total. The maximum atomic E-state index is 12.3. The Hall–Kier alpha value is -3.13. The number of esters is 4. The molecule has 0 aliphatic heterocycles. The number of hydrogen-bond donors (Lipinski definition) is 4. The van der Waals surface area contributed by atoms with Gasteiger partial charge in [-0.15, -0.1) is 0 Å². The molecule has 0 spiro atoms. The van der Waals surface area contributed by atoms with E-state index in [-0.39, 0.29) is 27.3 Å². The van der Waals surface area contributed by atoms with Gasteiger partial charge < -0.3 is 39.8 Å². The maximum absolute atomic E-state index is 12.3. The number of ether oxygens (including phenoxy) is 4. The second-order valence-electron chi connectivity index (χ2n) is 8.49. The topological polar surface area (TPSA) is 204 Å². The fraction of sp³-hybridized carbons (Fsp3) is 0.385. The van der Waals surface area contributed by atoms with Gasteiger partial charge in [-0.1, -0.05) is 42.7 Å². The van der Waals surface area contributed by atoms with Crippen molar-refractivity contribution in [2.45, 2.75) is 26.1 Å². The van der Waals surface area contributed by atoms with E-state index in [0.717, 1.165) is 0 Å². The molecule has 1 aromatic carbocycles. The zero-order chi connectivity index (χ0) is 32.5. The van der Waals surface area contributed by atoms with Crippen LogP contribution < -0.4 is 10.6 Å². The van der Waals surface area contributed by atoms with E-state index < -0.39 is 66.4 Å². The third-order valence-electron chi connectivity index (χ3n) is 4.62. The smallest absolute Gasteiger partial charge is 0.343 e. The van der Waals surface area contributed by atoms with Gasteiger partial charge in [-0.3, -0.25) is 19.2 Å². The van der Waals surface area contributed by atoms with Gasteiger partial charge in [-0.25, -0.2) is 9.59 Å². The fourth-order valence-electron chi connectivity index (χ4n) is 2.49. The van der Waals surface area contributed by atoms with Crippen molar-refractivity contribution < 1.29 is 57.9 Å². The first-order chi connectivity index (χ1) is 20.2. The van der Waals surface area contributed by atoms with Gasteiger partial charge in [-0.05, 0) is 54.1 Å². The molecule has 0 aliphatic rings. The van der Waals surface area contributed by atoms with E-state index in [2.05, 4.69) is 23.8 Å². The van der Waals surface area contributed by atoms with Gasteiger partial charge in [-0.2, -0.15) is 0 Å². The molecule has 2 unspecified atom stereocenters. The number of carbonyl (C=O) groups excluding carboxylic acids is 6. The molecule has 43 heavy (non-hydrogen) atoms. The highest BCUT2D eigenvalue weighted by molar-refractivity contribution is 14.1. The summed E-state index contributed by atoms with van der Waals surface area (Å²) in [6.45, 7) is 8.29. The maximum Gasteiger partial charge on any atom is 0.343 e. The van der Waals surface area contributed by atoms with Gasteiger partial charge in [0.2, 0.25) is 0 Å². The highest BCUT2D eigenvalue weighted by Gasteiger charge is 2.16. The van der Waals surface area contributed by atoms with Crippen molar-refractivity contribution in [3.05, 3.63) is 46.1 Å². The number of anilines is 2. The Labute approximate surface area is 269 Å². The molecule has 0 aliphatic carbocycles. The van der Waals surface area contributed by atoms with Crippen LogP contribution in [-0.4, -0.2) is 94.7 Å². The minimum Gasteiger partial charge on any atom is -0.462 e. The molecular formula is C26H31IN2O12S2. The molecule has 0 heterocycles. The summed E-state index contributed by atoms with van der Waals surface area (Å²) in [5, 5.41) is 23.4. The van der Waals surface area contributed by atoms with Crippen LogP contribution in [0.4, 0.5) is 21.0 Å². The molecule has 236 valence electrons. The molecule has 0 saturated heterocycles. The summed E-state index contributed by atoms with van der Waals surface area (Å²) in [7, 11) is 0. The lowest BCUT2D eigenvalue weighted by Gasteiger charge is -2.13.